The number of carbonyl (C=O) groups excluding carboxylic acids is 1. The van der Waals surface area contributed by atoms with Crippen LogP contribution in [-0.2, 0) is 0 Å². The second kappa shape index (κ2) is 8.75. The zero-order chi connectivity index (χ0) is 21.1. The summed E-state index contributed by atoms with van der Waals surface area (Å²) in [6, 6.07) is 12.9. The Labute approximate surface area is 173 Å². The molecule has 0 radical (unpaired) electrons. The number of hydrogen-bond donors (Lipinski definition) is 1. The van der Waals surface area contributed by atoms with Crippen molar-refractivity contribution in [1.29, 1.82) is 0 Å². The third-order valence-electron chi connectivity index (χ3n) is 5.81. The van der Waals surface area contributed by atoms with E-state index in [1.807, 2.05) is 12.1 Å². The van der Waals surface area contributed by atoms with Crippen LogP contribution in [-0.4, -0.2) is 39.9 Å². The average Bonchev–Trinajstić information content (AvgIpc) is 2.75. The lowest BCUT2D eigenvalue weighted by atomic mass is 10.0. The topological polar surface area (TPSA) is 75.2 Å². The van der Waals surface area contributed by atoms with Crippen LogP contribution in [0.2, 0.25) is 0 Å². The van der Waals surface area contributed by atoms with E-state index < -0.39 is 0 Å². The third-order valence-corrected chi connectivity index (χ3v) is 5.81. The smallest absolute Gasteiger partial charge is 0.303 e. The van der Waals surface area contributed by atoms with Crippen molar-refractivity contribution in [2.75, 3.05) is 19.6 Å². The number of para-hydroxylation sites is 1. The Bertz CT molecular complexity index is 1160. The molecule has 0 saturated carbocycles. The molecule has 1 fully saturated rings. The molecular weight excluding hydrogens is 385 g/mol. The molecule has 0 spiro atoms. The Morgan fingerprint density at radius 2 is 1.73 bits per heavy atom. The van der Waals surface area contributed by atoms with Gasteiger partial charge in [-0.15, -0.1) is 0 Å². The van der Waals surface area contributed by atoms with Gasteiger partial charge in [0.1, 0.15) is 5.82 Å². The minimum absolute atomic E-state index is 0.0242. The monoisotopic (exact) mass is 409 g/mol. The van der Waals surface area contributed by atoms with Gasteiger partial charge in [-0.2, -0.15) is 0 Å². The highest BCUT2D eigenvalue weighted by molar-refractivity contribution is 5.95. The Kier molecular flexibility index (Phi) is 5.90. The first-order chi connectivity index (χ1) is 14.5. The Hall–Kier alpha value is -3.06. The van der Waals surface area contributed by atoms with Crippen LogP contribution in [0.5, 0.6) is 0 Å². The van der Waals surface area contributed by atoms with E-state index in [9.17, 15) is 18.8 Å². The van der Waals surface area contributed by atoms with E-state index in [1.54, 1.807) is 16.7 Å². The molecule has 6 nitrogen and oxygen atoms in total. The van der Waals surface area contributed by atoms with Crippen LogP contribution in [0.25, 0.3) is 10.9 Å². The summed E-state index contributed by atoms with van der Waals surface area (Å²) in [7, 11) is 0. The largest absolute Gasteiger partial charge is 0.329 e. The minimum Gasteiger partial charge on any atom is -0.303 e. The summed E-state index contributed by atoms with van der Waals surface area (Å²) in [6.45, 7) is 2.46. The number of nitrogens with one attached hydrogen (secondary N) is 1. The molecule has 1 N–H and O–H groups in total. The number of carbonyl (C=O) groups is 1. The van der Waals surface area contributed by atoms with Crippen molar-refractivity contribution >= 4 is 16.7 Å². The van der Waals surface area contributed by atoms with Crippen LogP contribution < -0.4 is 11.2 Å². The summed E-state index contributed by atoms with van der Waals surface area (Å²) >= 11 is 0. The van der Waals surface area contributed by atoms with Crippen molar-refractivity contribution in [3.05, 3.63) is 80.7 Å². The van der Waals surface area contributed by atoms with Gasteiger partial charge in [0.25, 0.3) is 5.56 Å². The molecule has 4 rings (SSSR count). The summed E-state index contributed by atoms with van der Waals surface area (Å²) in [4.78, 5) is 41.5. The lowest BCUT2D eigenvalue weighted by Crippen LogP contribution is -2.40. The van der Waals surface area contributed by atoms with E-state index in [4.69, 9.17) is 0 Å². The molecule has 156 valence electrons. The third kappa shape index (κ3) is 4.26. The lowest BCUT2D eigenvalue weighted by Gasteiger charge is -2.33. The fourth-order valence-electron chi connectivity index (χ4n) is 4.22. The molecule has 0 bridgehead atoms. The summed E-state index contributed by atoms with van der Waals surface area (Å²) in [5, 5.41) is 0.527. The minimum atomic E-state index is -0.359. The van der Waals surface area contributed by atoms with Crippen molar-refractivity contribution in [2.24, 2.45) is 0 Å². The molecule has 0 unspecified atom stereocenters. The Morgan fingerprint density at radius 1 is 1.03 bits per heavy atom. The maximum absolute atomic E-state index is 13.0. The van der Waals surface area contributed by atoms with Crippen molar-refractivity contribution in [1.82, 2.24) is 14.5 Å². The second-order valence-corrected chi connectivity index (χ2v) is 7.75. The van der Waals surface area contributed by atoms with Crippen LogP contribution in [0.1, 0.15) is 42.1 Å². The van der Waals surface area contributed by atoms with Gasteiger partial charge in [0.15, 0.2) is 5.78 Å². The number of hydrogen-bond acceptors (Lipinski definition) is 4. The van der Waals surface area contributed by atoms with Gasteiger partial charge in [-0.1, -0.05) is 12.1 Å². The van der Waals surface area contributed by atoms with Crippen LogP contribution in [0.3, 0.4) is 0 Å². The molecule has 0 amide bonds. The maximum atomic E-state index is 13.0. The highest BCUT2D eigenvalue weighted by atomic mass is 19.1. The van der Waals surface area contributed by atoms with Gasteiger partial charge in [0, 0.05) is 31.1 Å². The number of halogens is 1. The number of ketones is 1. The number of likely N-dealkylation sites (tertiary alicyclic amines) is 1. The number of Topliss-reactive ketones (excluding diaryl/α,β-unsaturated/α-hetero) is 1. The summed E-state index contributed by atoms with van der Waals surface area (Å²) in [5.41, 5.74) is 0.506. The van der Waals surface area contributed by atoms with Crippen LogP contribution in [0, 0.1) is 5.82 Å². The molecule has 0 atom stereocenters. The molecule has 1 saturated heterocycles. The first-order valence-electron chi connectivity index (χ1n) is 10.3. The number of aromatic nitrogens is 2. The van der Waals surface area contributed by atoms with E-state index in [0.717, 1.165) is 38.9 Å². The number of benzene rings is 2. The first-order valence-corrected chi connectivity index (χ1v) is 10.3. The van der Waals surface area contributed by atoms with Gasteiger partial charge in [-0.3, -0.25) is 19.1 Å². The molecule has 2 aromatic carbocycles. The van der Waals surface area contributed by atoms with Gasteiger partial charge in [0.2, 0.25) is 0 Å². The van der Waals surface area contributed by atoms with Gasteiger partial charge in [-0.05, 0) is 62.2 Å². The number of H-pyrrole nitrogens is 1. The highest BCUT2D eigenvalue weighted by Gasteiger charge is 2.23. The maximum Gasteiger partial charge on any atom is 0.329 e. The van der Waals surface area contributed by atoms with Crippen LogP contribution >= 0.6 is 0 Å². The van der Waals surface area contributed by atoms with E-state index in [1.165, 1.54) is 24.3 Å². The molecule has 3 aromatic rings. The molecule has 1 aliphatic rings. The molecule has 7 heteroatoms. The normalized spacial score (nSPS) is 15.5. The van der Waals surface area contributed by atoms with Crippen LogP contribution in [0.15, 0.2) is 58.1 Å². The number of aromatic amines is 1. The van der Waals surface area contributed by atoms with E-state index in [0.29, 0.717) is 22.9 Å². The zero-order valence-electron chi connectivity index (χ0n) is 16.6. The summed E-state index contributed by atoms with van der Waals surface area (Å²) in [5.74, 6) is -0.319. The van der Waals surface area contributed by atoms with E-state index in [2.05, 4.69) is 9.88 Å². The molecule has 1 aliphatic heterocycles. The van der Waals surface area contributed by atoms with Crippen molar-refractivity contribution in [2.45, 2.75) is 31.7 Å². The van der Waals surface area contributed by atoms with Gasteiger partial charge in [-0.25, -0.2) is 9.18 Å². The molecule has 0 aliphatic carbocycles. The van der Waals surface area contributed by atoms with Gasteiger partial charge < -0.3 is 4.90 Å². The number of rotatable bonds is 6. The average molecular weight is 409 g/mol. The second-order valence-electron chi connectivity index (χ2n) is 7.75. The molecule has 1 aromatic heterocycles. The van der Waals surface area contributed by atoms with Crippen LogP contribution in [0.4, 0.5) is 4.39 Å². The SMILES string of the molecule is O=C(CCCN1CCC(n2c(=O)[nH]c(=O)c3ccccc32)CC1)c1ccc(F)cc1. The quantitative estimate of drug-likeness (QED) is 0.635. The summed E-state index contributed by atoms with van der Waals surface area (Å²) in [6.07, 6.45) is 2.78. The molecule has 2 heterocycles. The predicted molar refractivity (Wildman–Crippen MR) is 114 cm³/mol. The Balaban J connectivity index is 1.34. The van der Waals surface area contributed by atoms with E-state index in [-0.39, 0.29) is 28.9 Å². The molecule has 30 heavy (non-hydrogen) atoms. The Morgan fingerprint density at radius 3 is 2.47 bits per heavy atom. The van der Waals surface area contributed by atoms with Gasteiger partial charge >= 0.3 is 5.69 Å². The highest BCUT2D eigenvalue weighted by Crippen LogP contribution is 2.24. The number of piperidine rings is 1. The van der Waals surface area contributed by atoms with Gasteiger partial charge in [0.05, 0.1) is 10.9 Å². The summed E-state index contributed by atoms with van der Waals surface area (Å²) < 4.78 is 14.7. The van der Waals surface area contributed by atoms with Crippen molar-refractivity contribution in [3.63, 3.8) is 0 Å². The van der Waals surface area contributed by atoms with Crippen molar-refractivity contribution < 1.29 is 9.18 Å². The lowest BCUT2D eigenvalue weighted by molar-refractivity contribution is 0.0970. The predicted octanol–water partition coefficient (Wildman–Crippen LogP) is 3.13. The standard InChI is InChI=1S/C23H24FN3O3/c24-17-9-7-16(8-10-17)21(28)6-3-13-26-14-11-18(12-15-26)27-20-5-2-1-4-19(20)22(29)25-23(27)30/h1-2,4-5,7-10,18H,3,6,11-15H2,(H,25,29,30). The molecular formula is C23H24FN3O3. The zero-order valence-corrected chi connectivity index (χ0v) is 16.6. The van der Waals surface area contributed by atoms with Crippen molar-refractivity contribution in [3.8, 4) is 0 Å². The fourth-order valence-corrected chi connectivity index (χ4v) is 4.22. The number of nitrogens with zero attached hydrogens (tertiary/aromatic N) is 2. The first kappa shape index (κ1) is 20.2. The number of fused-ring (bicyclic) bond motifs is 1. The van der Waals surface area contributed by atoms with E-state index >= 15 is 0 Å². The fraction of sp³-hybridized carbons (Fsp3) is 0.348.